The fourth-order valence-electron chi connectivity index (χ4n) is 3.71. The number of hydrogen-bond acceptors (Lipinski definition) is 4. The summed E-state index contributed by atoms with van der Waals surface area (Å²) in [6, 6.07) is 4.61. The first kappa shape index (κ1) is 14.2. The van der Waals surface area contributed by atoms with Crippen LogP contribution in [0.4, 0.5) is 0 Å². The van der Waals surface area contributed by atoms with Crippen molar-refractivity contribution >= 4 is 11.2 Å². The van der Waals surface area contributed by atoms with Gasteiger partial charge >= 0.3 is 0 Å². The highest BCUT2D eigenvalue weighted by Crippen LogP contribution is 2.22. The molecule has 1 N–H and O–H groups in total. The van der Waals surface area contributed by atoms with Gasteiger partial charge in [-0.15, -0.1) is 0 Å². The van der Waals surface area contributed by atoms with Gasteiger partial charge in [0.15, 0.2) is 5.65 Å². The predicted octanol–water partition coefficient (Wildman–Crippen LogP) is 2.15. The van der Waals surface area contributed by atoms with Gasteiger partial charge < -0.3 is 14.6 Å². The third-order valence-corrected chi connectivity index (χ3v) is 4.87. The molecular weight excluding hydrogens is 276 g/mol. The maximum Gasteiger partial charge on any atom is 0.159 e. The zero-order valence-electron chi connectivity index (χ0n) is 13.0. The first-order valence-corrected chi connectivity index (χ1v) is 8.51. The quantitative estimate of drug-likeness (QED) is 0.940. The molecule has 5 heteroatoms. The summed E-state index contributed by atoms with van der Waals surface area (Å²) in [4.78, 5) is 9.44. The molecule has 2 aromatic rings. The van der Waals surface area contributed by atoms with Crippen LogP contribution < -0.4 is 5.32 Å². The van der Waals surface area contributed by atoms with Crippen molar-refractivity contribution < 1.29 is 4.74 Å². The first-order valence-electron chi connectivity index (χ1n) is 8.51. The molecule has 5 nitrogen and oxygen atoms in total. The highest BCUT2D eigenvalue weighted by atomic mass is 16.5. The summed E-state index contributed by atoms with van der Waals surface area (Å²) in [6.07, 6.45) is 7.82. The number of ether oxygens (including phenoxy) is 1. The number of fused-ring (bicyclic) bond motifs is 1. The molecule has 2 aliphatic heterocycles. The monoisotopic (exact) mass is 300 g/mol. The van der Waals surface area contributed by atoms with Crippen molar-refractivity contribution in [3.63, 3.8) is 0 Å². The molecule has 2 saturated heterocycles. The van der Waals surface area contributed by atoms with Crippen LogP contribution in [0.1, 0.15) is 31.5 Å². The van der Waals surface area contributed by atoms with Crippen LogP contribution in [0.2, 0.25) is 0 Å². The van der Waals surface area contributed by atoms with Crippen molar-refractivity contribution in [1.29, 1.82) is 0 Å². The summed E-state index contributed by atoms with van der Waals surface area (Å²) < 4.78 is 7.99. The molecule has 2 unspecified atom stereocenters. The largest absolute Gasteiger partial charge is 0.381 e. The minimum Gasteiger partial charge on any atom is -0.381 e. The van der Waals surface area contributed by atoms with E-state index < -0.39 is 0 Å². The van der Waals surface area contributed by atoms with Crippen LogP contribution in [0, 0.1) is 5.92 Å². The van der Waals surface area contributed by atoms with E-state index in [4.69, 9.17) is 9.72 Å². The van der Waals surface area contributed by atoms with Gasteiger partial charge in [0.25, 0.3) is 0 Å². The smallest absolute Gasteiger partial charge is 0.159 e. The lowest BCUT2D eigenvalue weighted by molar-refractivity contribution is 0.0484. The van der Waals surface area contributed by atoms with E-state index in [1.165, 1.54) is 31.5 Å². The Kier molecular flexibility index (Phi) is 4.08. The minimum absolute atomic E-state index is 0.568. The van der Waals surface area contributed by atoms with Gasteiger partial charge in [-0.3, -0.25) is 0 Å². The standard InChI is InChI=1S/C17H24N4O/c1-5-14(18-7-1)10-16-20-15-6-2-8-19-17(15)21(16)11-13-4-3-9-22-12-13/h2,6,8,13-14,18H,1,3-5,7,9-12H2. The van der Waals surface area contributed by atoms with Crippen molar-refractivity contribution in [2.45, 2.75) is 44.7 Å². The summed E-state index contributed by atoms with van der Waals surface area (Å²) in [6.45, 7) is 3.90. The van der Waals surface area contributed by atoms with Crippen molar-refractivity contribution in [3.8, 4) is 0 Å². The van der Waals surface area contributed by atoms with Crippen molar-refractivity contribution in [3.05, 3.63) is 24.2 Å². The van der Waals surface area contributed by atoms with E-state index in [9.17, 15) is 0 Å². The highest BCUT2D eigenvalue weighted by molar-refractivity contribution is 5.71. The number of nitrogens with one attached hydrogen (secondary N) is 1. The Morgan fingerprint density at radius 1 is 1.32 bits per heavy atom. The fraction of sp³-hybridized carbons (Fsp3) is 0.647. The van der Waals surface area contributed by atoms with Crippen LogP contribution in [0.25, 0.3) is 11.2 Å². The molecule has 0 spiro atoms. The summed E-state index contributed by atoms with van der Waals surface area (Å²) in [7, 11) is 0. The van der Waals surface area contributed by atoms with E-state index in [-0.39, 0.29) is 0 Å². The lowest BCUT2D eigenvalue weighted by atomic mass is 10.0. The zero-order valence-corrected chi connectivity index (χ0v) is 13.0. The molecule has 0 aromatic carbocycles. The van der Waals surface area contributed by atoms with Crippen LogP contribution in [0.5, 0.6) is 0 Å². The lowest BCUT2D eigenvalue weighted by Gasteiger charge is -2.23. The van der Waals surface area contributed by atoms with Gasteiger partial charge in [0.05, 0.1) is 6.61 Å². The Morgan fingerprint density at radius 2 is 2.32 bits per heavy atom. The van der Waals surface area contributed by atoms with E-state index in [0.29, 0.717) is 12.0 Å². The van der Waals surface area contributed by atoms with E-state index in [0.717, 1.165) is 43.9 Å². The van der Waals surface area contributed by atoms with Crippen molar-refractivity contribution in [1.82, 2.24) is 19.9 Å². The Bertz CT molecular complexity index is 627. The van der Waals surface area contributed by atoms with Crippen LogP contribution >= 0.6 is 0 Å². The maximum atomic E-state index is 5.65. The minimum atomic E-state index is 0.568. The van der Waals surface area contributed by atoms with Gasteiger partial charge in [0, 0.05) is 37.7 Å². The van der Waals surface area contributed by atoms with Crippen LogP contribution in [-0.4, -0.2) is 40.3 Å². The molecular formula is C17H24N4O. The molecule has 4 heterocycles. The average Bonchev–Trinajstić information content (AvgIpc) is 3.18. The summed E-state index contributed by atoms with van der Waals surface area (Å²) in [5, 5.41) is 3.58. The predicted molar refractivity (Wildman–Crippen MR) is 85.8 cm³/mol. The molecule has 22 heavy (non-hydrogen) atoms. The third kappa shape index (κ3) is 2.88. The van der Waals surface area contributed by atoms with Gasteiger partial charge in [-0.2, -0.15) is 0 Å². The van der Waals surface area contributed by atoms with Crippen molar-refractivity contribution in [2.75, 3.05) is 19.8 Å². The van der Waals surface area contributed by atoms with Crippen LogP contribution in [-0.2, 0) is 17.7 Å². The molecule has 2 fully saturated rings. The lowest BCUT2D eigenvalue weighted by Crippen LogP contribution is -2.27. The molecule has 0 amide bonds. The van der Waals surface area contributed by atoms with E-state index >= 15 is 0 Å². The van der Waals surface area contributed by atoms with E-state index in [1.807, 2.05) is 12.3 Å². The molecule has 2 aromatic heterocycles. The third-order valence-electron chi connectivity index (χ3n) is 4.87. The molecule has 4 rings (SSSR count). The summed E-state index contributed by atoms with van der Waals surface area (Å²) in [5.74, 6) is 1.77. The van der Waals surface area contributed by atoms with Crippen LogP contribution in [0.3, 0.4) is 0 Å². The SMILES string of the molecule is c1cnc2c(c1)nc(CC1CCCN1)n2CC1CCCOC1. The molecule has 2 atom stereocenters. The van der Waals surface area contributed by atoms with Gasteiger partial charge in [0.2, 0.25) is 0 Å². The van der Waals surface area contributed by atoms with Gasteiger partial charge in [-0.25, -0.2) is 9.97 Å². The summed E-state index contributed by atoms with van der Waals surface area (Å²) >= 11 is 0. The Balaban J connectivity index is 1.63. The topological polar surface area (TPSA) is 52.0 Å². The summed E-state index contributed by atoms with van der Waals surface area (Å²) in [5.41, 5.74) is 2.05. The number of aromatic nitrogens is 3. The second-order valence-corrected chi connectivity index (χ2v) is 6.57. The fourth-order valence-corrected chi connectivity index (χ4v) is 3.71. The molecule has 2 aliphatic rings. The van der Waals surface area contributed by atoms with Crippen LogP contribution in [0.15, 0.2) is 18.3 Å². The van der Waals surface area contributed by atoms with Gasteiger partial charge in [0.1, 0.15) is 11.3 Å². The number of pyridine rings is 1. The number of nitrogens with zero attached hydrogens (tertiary/aromatic N) is 3. The Hall–Kier alpha value is -1.46. The first-order chi connectivity index (χ1) is 10.9. The molecule has 0 saturated carbocycles. The normalized spacial score (nSPS) is 25.8. The highest BCUT2D eigenvalue weighted by Gasteiger charge is 2.22. The number of imidazole rings is 1. The second-order valence-electron chi connectivity index (χ2n) is 6.57. The van der Waals surface area contributed by atoms with E-state index in [1.54, 1.807) is 0 Å². The number of rotatable bonds is 4. The Labute approximate surface area is 131 Å². The second kappa shape index (κ2) is 6.34. The van der Waals surface area contributed by atoms with Gasteiger partial charge in [-0.05, 0) is 44.4 Å². The van der Waals surface area contributed by atoms with E-state index in [2.05, 4.69) is 20.9 Å². The zero-order chi connectivity index (χ0) is 14.8. The van der Waals surface area contributed by atoms with Gasteiger partial charge in [-0.1, -0.05) is 0 Å². The molecule has 118 valence electrons. The molecule has 0 aliphatic carbocycles. The molecule has 0 bridgehead atoms. The maximum absolute atomic E-state index is 5.65. The average molecular weight is 300 g/mol. The number of hydrogen-bond donors (Lipinski definition) is 1. The Morgan fingerprint density at radius 3 is 3.14 bits per heavy atom. The van der Waals surface area contributed by atoms with Crippen molar-refractivity contribution in [2.24, 2.45) is 5.92 Å². The molecule has 0 radical (unpaired) electrons.